The molecule has 3 aliphatic heterocycles. The first kappa shape index (κ1) is 28.3. The molecule has 5 unspecified atom stereocenters. The van der Waals surface area contributed by atoms with Crippen LogP contribution in [0.15, 0.2) is 11.3 Å². The van der Waals surface area contributed by atoms with Gasteiger partial charge in [0.2, 0.25) is 11.8 Å². The van der Waals surface area contributed by atoms with E-state index in [9.17, 15) is 19.2 Å². The van der Waals surface area contributed by atoms with E-state index < -0.39 is 23.7 Å². The third-order valence-electron chi connectivity index (χ3n) is 10.1. The molecule has 0 aromatic rings. The number of allylic oxidation sites excluding steroid dienone is 1. The first-order valence-electron chi connectivity index (χ1n) is 15.2. The zero-order valence-corrected chi connectivity index (χ0v) is 23.1. The molecule has 7 N–H and O–H groups in total. The monoisotopic (exact) mass is 543 g/mol. The number of nitrogens with two attached hydrogens (primary N) is 2. The summed E-state index contributed by atoms with van der Waals surface area (Å²) in [4.78, 5) is 28.6. The highest BCUT2D eigenvalue weighted by Gasteiger charge is 2.53. The summed E-state index contributed by atoms with van der Waals surface area (Å²) in [5.74, 6) is 0.0246. The minimum Gasteiger partial charge on any atom is -0.385 e. The second-order valence-corrected chi connectivity index (χ2v) is 12.6. The van der Waals surface area contributed by atoms with Gasteiger partial charge in [-0.15, -0.1) is 0 Å². The number of halogens is 1. The number of fused-ring (bicyclic) bond motifs is 1. The van der Waals surface area contributed by atoms with Crippen molar-refractivity contribution in [3.8, 4) is 6.07 Å². The smallest absolute Gasteiger partial charge is 0.243 e. The number of nitrogens with one attached hydrogen (secondary N) is 3. The average molecular weight is 544 g/mol. The first-order chi connectivity index (χ1) is 18.8. The largest absolute Gasteiger partial charge is 0.385 e. The van der Waals surface area contributed by atoms with E-state index in [0.29, 0.717) is 44.8 Å². The molecule has 2 saturated carbocycles. The molecule has 0 spiro atoms. The predicted octanol–water partition coefficient (Wildman–Crippen LogP) is 1.65. The van der Waals surface area contributed by atoms with Crippen molar-refractivity contribution in [2.24, 2.45) is 40.6 Å². The summed E-state index contributed by atoms with van der Waals surface area (Å²) < 4.78 is 14.5. The standard InChI is InChI=1S/C29H46FN7O2/c30-20-6-5-18-3-1-2-4-22(18)25(35-15-20)24(26(32)33)27(38)36-23-16-34-12-7-21(23)19-8-13-37(14-9-19)28(39)29(17-31)10-11-29/h18-21,23-24,26,34-35H,1-16,32-33H2,(H,36,38). The minimum absolute atomic E-state index is 0.00357. The Morgan fingerprint density at radius 3 is 2.54 bits per heavy atom. The number of hydrogen-bond acceptors (Lipinski definition) is 7. The van der Waals surface area contributed by atoms with E-state index in [1.165, 1.54) is 5.57 Å². The van der Waals surface area contributed by atoms with E-state index in [0.717, 1.165) is 63.6 Å². The number of nitriles is 1. The van der Waals surface area contributed by atoms with Gasteiger partial charge in [-0.1, -0.05) is 6.42 Å². The van der Waals surface area contributed by atoms with Crippen molar-refractivity contribution in [3.05, 3.63) is 11.3 Å². The van der Waals surface area contributed by atoms with Crippen molar-refractivity contribution in [2.45, 2.75) is 89.0 Å². The van der Waals surface area contributed by atoms with Crippen molar-refractivity contribution in [3.63, 3.8) is 0 Å². The number of amides is 2. The Morgan fingerprint density at radius 1 is 1.08 bits per heavy atom. The molecule has 5 aliphatic rings. The summed E-state index contributed by atoms with van der Waals surface area (Å²) in [5, 5.41) is 19.5. The number of piperidine rings is 2. The van der Waals surface area contributed by atoms with E-state index >= 15 is 0 Å². The molecule has 39 heavy (non-hydrogen) atoms. The average Bonchev–Trinajstić information content (AvgIpc) is 3.74. The van der Waals surface area contributed by atoms with Crippen molar-refractivity contribution >= 4 is 11.8 Å². The number of nitrogens with zero attached hydrogens (tertiary/aromatic N) is 2. The van der Waals surface area contributed by atoms with Crippen molar-refractivity contribution in [1.29, 1.82) is 5.26 Å². The minimum atomic E-state index is -0.950. The Balaban J connectivity index is 1.27. The molecule has 5 atom stereocenters. The topological polar surface area (TPSA) is 149 Å². The van der Waals surface area contributed by atoms with Crippen molar-refractivity contribution < 1.29 is 14.0 Å². The van der Waals surface area contributed by atoms with Gasteiger partial charge in [0.05, 0.1) is 12.2 Å². The van der Waals surface area contributed by atoms with Gasteiger partial charge in [-0.25, -0.2) is 4.39 Å². The summed E-state index contributed by atoms with van der Waals surface area (Å²) in [6.07, 6.45) is 7.67. The summed E-state index contributed by atoms with van der Waals surface area (Å²) in [5.41, 5.74) is 13.7. The summed E-state index contributed by atoms with van der Waals surface area (Å²) >= 11 is 0. The summed E-state index contributed by atoms with van der Waals surface area (Å²) in [6, 6.07) is 2.16. The Hall–Kier alpha value is -2.22. The maximum absolute atomic E-state index is 14.5. The van der Waals surface area contributed by atoms with Crippen LogP contribution in [0.25, 0.3) is 0 Å². The van der Waals surface area contributed by atoms with Crippen molar-refractivity contribution in [2.75, 3.05) is 32.7 Å². The van der Waals surface area contributed by atoms with Gasteiger partial charge in [0.25, 0.3) is 0 Å². The lowest BCUT2D eigenvalue weighted by Crippen LogP contribution is -2.58. The third kappa shape index (κ3) is 6.10. The molecule has 2 aliphatic carbocycles. The molecule has 3 heterocycles. The van der Waals surface area contributed by atoms with Crippen LogP contribution in [-0.2, 0) is 9.59 Å². The Kier molecular flexibility index (Phi) is 8.79. The molecule has 5 rings (SSSR count). The molecule has 0 radical (unpaired) electrons. The number of carbonyl (C=O) groups excluding carboxylic acids is 2. The van der Waals surface area contributed by atoms with Crippen molar-refractivity contribution in [1.82, 2.24) is 20.9 Å². The van der Waals surface area contributed by atoms with Crippen LogP contribution in [0.1, 0.15) is 70.6 Å². The Morgan fingerprint density at radius 2 is 1.85 bits per heavy atom. The number of hydrogen-bond donors (Lipinski definition) is 5. The molecular weight excluding hydrogens is 497 g/mol. The Bertz CT molecular complexity index is 983. The van der Waals surface area contributed by atoms with Crippen LogP contribution in [-0.4, -0.2) is 67.8 Å². The highest BCUT2D eigenvalue weighted by molar-refractivity contribution is 5.88. The Labute approximate surface area is 231 Å². The quantitative estimate of drug-likeness (QED) is 0.320. The molecular formula is C29H46FN7O2. The lowest BCUT2D eigenvalue weighted by atomic mass is 9.75. The molecule has 10 heteroatoms. The maximum atomic E-state index is 14.5. The van der Waals surface area contributed by atoms with Crippen LogP contribution in [0.4, 0.5) is 4.39 Å². The predicted molar refractivity (Wildman–Crippen MR) is 146 cm³/mol. The molecule has 9 nitrogen and oxygen atoms in total. The third-order valence-corrected chi connectivity index (χ3v) is 10.1. The molecule has 0 aromatic carbocycles. The molecule has 0 bridgehead atoms. The number of likely N-dealkylation sites (tertiary alicyclic amines) is 1. The summed E-state index contributed by atoms with van der Waals surface area (Å²) in [6.45, 7) is 3.08. The van der Waals surface area contributed by atoms with E-state index in [1.807, 2.05) is 4.90 Å². The lowest BCUT2D eigenvalue weighted by molar-refractivity contribution is -0.136. The molecule has 4 fully saturated rings. The maximum Gasteiger partial charge on any atom is 0.243 e. The SMILES string of the molecule is N#CC1(C(=O)N2CCC(C3CCNCC3NC(=O)C(C3=C4CCCCC4CCC(F)CN3)C(N)N)CC2)CC1. The van der Waals surface area contributed by atoms with Gasteiger partial charge in [-0.3, -0.25) is 9.59 Å². The highest BCUT2D eigenvalue weighted by Crippen LogP contribution is 2.47. The van der Waals surface area contributed by atoms with E-state index in [-0.39, 0.29) is 36.2 Å². The van der Waals surface area contributed by atoms with Gasteiger partial charge in [0, 0.05) is 37.9 Å². The van der Waals surface area contributed by atoms with Crippen LogP contribution >= 0.6 is 0 Å². The highest BCUT2D eigenvalue weighted by atomic mass is 19.1. The molecule has 0 aromatic heterocycles. The fourth-order valence-electron chi connectivity index (χ4n) is 7.59. The zero-order chi connectivity index (χ0) is 27.6. The molecule has 2 amide bonds. The van der Waals surface area contributed by atoms with Gasteiger partial charge in [-0.2, -0.15) is 5.26 Å². The van der Waals surface area contributed by atoms with Gasteiger partial charge in [-0.05, 0) is 94.1 Å². The van der Waals surface area contributed by atoms with Gasteiger partial charge < -0.3 is 32.3 Å². The summed E-state index contributed by atoms with van der Waals surface area (Å²) in [7, 11) is 0. The van der Waals surface area contributed by atoms with Crippen LogP contribution < -0.4 is 27.4 Å². The van der Waals surface area contributed by atoms with Crippen LogP contribution in [0.5, 0.6) is 0 Å². The van der Waals surface area contributed by atoms with Gasteiger partial charge in [0.15, 0.2) is 0 Å². The molecule has 2 saturated heterocycles. The van der Waals surface area contributed by atoms with Crippen LogP contribution in [0.2, 0.25) is 0 Å². The van der Waals surface area contributed by atoms with Crippen LogP contribution in [0.3, 0.4) is 0 Å². The molecule has 216 valence electrons. The normalized spacial score (nSPS) is 32.2. The van der Waals surface area contributed by atoms with E-state index in [2.05, 4.69) is 22.0 Å². The van der Waals surface area contributed by atoms with Gasteiger partial charge in [0.1, 0.15) is 17.5 Å². The number of carbonyl (C=O) groups is 2. The van der Waals surface area contributed by atoms with Gasteiger partial charge >= 0.3 is 0 Å². The van der Waals surface area contributed by atoms with Crippen LogP contribution in [0, 0.1) is 40.4 Å². The second kappa shape index (κ2) is 12.1. The lowest BCUT2D eigenvalue weighted by Gasteiger charge is -2.43. The zero-order valence-electron chi connectivity index (χ0n) is 23.1. The fourth-order valence-corrected chi connectivity index (χ4v) is 7.59. The van der Waals surface area contributed by atoms with E-state index in [4.69, 9.17) is 11.5 Å². The number of rotatable bonds is 6. The number of alkyl halides is 1. The van der Waals surface area contributed by atoms with E-state index in [1.54, 1.807) is 0 Å². The second-order valence-electron chi connectivity index (χ2n) is 12.6. The fraction of sp³-hybridized carbons (Fsp3) is 0.828. The first-order valence-corrected chi connectivity index (χ1v) is 15.2.